The molecule has 0 aliphatic carbocycles. The summed E-state index contributed by atoms with van der Waals surface area (Å²) < 4.78 is 31.6. The molecule has 0 aromatic heterocycles. The lowest BCUT2D eigenvalue weighted by atomic mass is 10.2. The number of hydrogen-bond donors (Lipinski definition) is 1. The maximum atomic E-state index is 11.2. The van der Waals surface area contributed by atoms with E-state index in [1.54, 1.807) is 6.07 Å². The van der Waals surface area contributed by atoms with Gasteiger partial charge in [0.1, 0.15) is 0 Å². The van der Waals surface area contributed by atoms with Gasteiger partial charge >= 0.3 is 0 Å². The van der Waals surface area contributed by atoms with Crippen molar-refractivity contribution in [3.63, 3.8) is 0 Å². The molecule has 0 atom stereocenters. The fraction of sp³-hybridized carbons (Fsp3) is 0.455. The highest BCUT2D eigenvalue weighted by Crippen LogP contribution is 2.21. The highest BCUT2D eigenvalue weighted by atomic mass is 32.2. The summed E-state index contributed by atoms with van der Waals surface area (Å²) in [7, 11) is -5.51. The lowest BCUT2D eigenvalue weighted by Gasteiger charge is -2.18. The zero-order valence-electron chi connectivity index (χ0n) is 10.1. The minimum absolute atomic E-state index is 0.0560. The van der Waals surface area contributed by atoms with Crippen LogP contribution in [0.25, 0.3) is 0 Å². The quantitative estimate of drug-likeness (QED) is 0.670. The van der Waals surface area contributed by atoms with Gasteiger partial charge in [0, 0.05) is 8.07 Å². The van der Waals surface area contributed by atoms with Crippen LogP contribution in [-0.4, -0.2) is 21.0 Å². The van der Waals surface area contributed by atoms with E-state index in [0.29, 0.717) is 0 Å². The molecule has 1 aromatic carbocycles. The summed E-state index contributed by atoms with van der Waals surface area (Å²) in [6.07, 6.45) is 0. The summed E-state index contributed by atoms with van der Waals surface area (Å²) in [5, 5.41) is 0. The van der Waals surface area contributed by atoms with Crippen molar-refractivity contribution >= 4 is 18.2 Å². The summed E-state index contributed by atoms with van der Waals surface area (Å²) in [5.41, 5.74) is 1.75. The molecule has 0 aliphatic heterocycles. The first-order valence-corrected chi connectivity index (χ1v) is 10.3. The molecule has 5 heteroatoms. The Hall–Kier alpha value is -0.653. The Morgan fingerprint density at radius 2 is 1.81 bits per heavy atom. The van der Waals surface area contributed by atoms with E-state index in [0.717, 1.165) is 17.2 Å². The van der Waals surface area contributed by atoms with Crippen LogP contribution in [0.1, 0.15) is 11.1 Å². The van der Waals surface area contributed by atoms with Gasteiger partial charge in [-0.2, -0.15) is 8.42 Å². The van der Waals surface area contributed by atoms with Crippen LogP contribution >= 0.6 is 0 Å². The molecule has 1 rings (SSSR count). The van der Waals surface area contributed by atoms with Gasteiger partial charge < -0.3 is 0 Å². The zero-order valence-corrected chi connectivity index (χ0v) is 11.9. The monoisotopic (exact) mass is 258 g/mol. The third-order valence-electron chi connectivity index (χ3n) is 2.21. The third-order valence-corrected chi connectivity index (χ3v) is 4.61. The van der Waals surface area contributed by atoms with Gasteiger partial charge in [-0.15, -0.1) is 0 Å². The van der Waals surface area contributed by atoms with Crippen LogP contribution in [0.3, 0.4) is 0 Å². The summed E-state index contributed by atoms with van der Waals surface area (Å²) in [6, 6.07) is 5.79. The van der Waals surface area contributed by atoms with E-state index in [-0.39, 0.29) is 4.90 Å². The van der Waals surface area contributed by atoms with Crippen LogP contribution in [-0.2, 0) is 16.2 Å². The van der Waals surface area contributed by atoms with Gasteiger partial charge in [-0.3, -0.25) is 4.55 Å². The van der Waals surface area contributed by atoms with Crippen LogP contribution < -0.4 is 0 Å². The summed E-state index contributed by atoms with van der Waals surface area (Å²) in [5.74, 6) is 0. The molecule has 16 heavy (non-hydrogen) atoms. The van der Waals surface area contributed by atoms with Crippen LogP contribution in [0.2, 0.25) is 19.6 Å². The molecule has 1 N–H and O–H groups in total. The Labute approximate surface area is 98.3 Å². The second kappa shape index (κ2) is 4.31. The fourth-order valence-electron chi connectivity index (χ4n) is 1.67. The first-order chi connectivity index (χ1) is 7.09. The van der Waals surface area contributed by atoms with E-state index < -0.39 is 18.2 Å². The minimum atomic E-state index is -4.10. The Bertz CT molecular complexity index is 486. The largest absolute Gasteiger partial charge is 0.294 e. The molecule has 0 saturated carbocycles. The Morgan fingerprint density at radius 3 is 2.25 bits per heavy atom. The molecule has 0 unspecified atom stereocenters. The van der Waals surface area contributed by atoms with Crippen LogP contribution in [0, 0.1) is 6.92 Å². The van der Waals surface area contributed by atoms with Gasteiger partial charge in [0.2, 0.25) is 0 Å². The molecule has 0 fully saturated rings. The highest BCUT2D eigenvalue weighted by Gasteiger charge is 2.21. The fourth-order valence-corrected chi connectivity index (χ4v) is 3.94. The standard InChI is InChI=1S/C11H18O3SSi/c1-9-5-6-11(15(12,13)14)10(7-9)8-16(2,3)4/h5-7H,8H2,1-4H3,(H,12,13,14). The molecule has 0 spiro atoms. The minimum Gasteiger partial charge on any atom is -0.282 e. The Balaban J connectivity index is 3.30. The van der Waals surface area contributed by atoms with Gasteiger partial charge in [0.15, 0.2) is 0 Å². The van der Waals surface area contributed by atoms with Gasteiger partial charge in [-0.1, -0.05) is 37.3 Å². The van der Waals surface area contributed by atoms with Crippen LogP contribution in [0.4, 0.5) is 0 Å². The maximum absolute atomic E-state index is 11.2. The van der Waals surface area contributed by atoms with E-state index in [4.69, 9.17) is 4.55 Å². The molecule has 0 heterocycles. The molecule has 3 nitrogen and oxygen atoms in total. The first-order valence-electron chi connectivity index (χ1n) is 5.17. The van der Waals surface area contributed by atoms with E-state index >= 15 is 0 Å². The molecule has 0 saturated heterocycles. The molecular formula is C11H18O3SSi. The van der Waals surface area contributed by atoms with Crippen molar-refractivity contribution < 1.29 is 13.0 Å². The summed E-state index contributed by atoms with van der Waals surface area (Å²) in [6.45, 7) is 8.43. The van der Waals surface area contributed by atoms with Gasteiger partial charge in [-0.05, 0) is 24.6 Å². The number of rotatable bonds is 3. The average molecular weight is 258 g/mol. The molecule has 0 bridgehead atoms. The lowest BCUT2D eigenvalue weighted by Crippen LogP contribution is -2.25. The predicted molar refractivity (Wildman–Crippen MR) is 68.0 cm³/mol. The molecule has 0 radical (unpaired) electrons. The number of benzene rings is 1. The van der Waals surface area contributed by atoms with Gasteiger partial charge in [0.05, 0.1) is 4.90 Å². The third kappa shape index (κ3) is 3.73. The first kappa shape index (κ1) is 13.4. The summed E-state index contributed by atoms with van der Waals surface area (Å²) >= 11 is 0. The Morgan fingerprint density at radius 1 is 1.25 bits per heavy atom. The molecule has 0 amide bonds. The smallest absolute Gasteiger partial charge is 0.282 e. The molecule has 0 aliphatic rings. The van der Waals surface area contributed by atoms with Crippen molar-refractivity contribution in [1.82, 2.24) is 0 Å². The van der Waals surface area contributed by atoms with Crippen molar-refractivity contribution in [2.45, 2.75) is 37.5 Å². The molecular weight excluding hydrogens is 240 g/mol. The number of hydrogen-bond acceptors (Lipinski definition) is 2. The van der Waals surface area contributed by atoms with Crippen molar-refractivity contribution in [2.75, 3.05) is 0 Å². The Kier molecular flexibility index (Phi) is 3.61. The molecule has 1 aromatic rings. The van der Waals surface area contributed by atoms with Crippen LogP contribution in [0.15, 0.2) is 23.1 Å². The van der Waals surface area contributed by atoms with E-state index in [2.05, 4.69) is 19.6 Å². The van der Waals surface area contributed by atoms with Crippen molar-refractivity contribution in [3.8, 4) is 0 Å². The van der Waals surface area contributed by atoms with Crippen molar-refractivity contribution in [2.24, 2.45) is 0 Å². The zero-order chi connectivity index (χ0) is 12.6. The topological polar surface area (TPSA) is 54.4 Å². The average Bonchev–Trinajstić information content (AvgIpc) is 1.97. The number of aryl methyl sites for hydroxylation is 1. The van der Waals surface area contributed by atoms with Crippen LogP contribution in [0.5, 0.6) is 0 Å². The van der Waals surface area contributed by atoms with Gasteiger partial charge in [0.25, 0.3) is 10.1 Å². The van der Waals surface area contributed by atoms with Crippen molar-refractivity contribution in [3.05, 3.63) is 29.3 Å². The highest BCUT2D eigenvalue weighted by molar-refractivity contribution is 7.85. The second-order valence-corrected chi connectivity index (χ2v) is 12.2. The normalized spacial score (nSPS) is 12.8. The van der Waals surface area contributed by atoms with E-state index in [9.17, 15) is 8.42 Å². The van der Waals surface area contributed by atoms with Gasteiger partial charge in [-0.25, -0.2) is 0 Å². The predicted octanol–water partition coefficient (Wildman–Crippen LogP) is 2.66. The lowest BCUT2D eigenvalue weighted by molar-refractivity contribution is 0.482. The summed E-state index contributed by atoms with van der Waals surface area (Å²) in [4.78, 5) is 0.0560. The second-order valence-electron chi connectivity index (χ2n) is 5.32. The SMILES string of the molecule is Cc1ccc(S(=O)(=O)O)c(C[Si](C)(C)C)c1. The van der Waals surface area contributed by atoms with Crippen molar-refractivity contribution in [1.29, 1.82) is 0 Å². The van der Waals surface area contributed by atoms with E-state index in [1.165, 1.54) is 6.07 Å². The maximum Gasteiger partial charge on any atom is 0.294 e. The van der Waals surface area contributed by atoms with E-state index in [1.807, 2.05) is 13.0 Å². The molecule has 90 valence electrons.